The number of esters is 1. The van der Waals surface area contributed by atoms with Crippen LogP contribution in [0.1, 0.15) is 31.4 Å². The molecule has 1 aromatic heterocycles. The second-order valence-electron chi connectivity index (χ2n) is 5.68. The SMILES string of the molecule is COC(=O)Cc1csc(N2CC3CCCC(C3)C2)n1. The molecule has 19 heavy (non-hydrogen) atoms. The Bertz CT molecular complexity index is 448. The molecule has 5 heteroatoms. The normalized spacial score (nSPS) is 26.3. The van der Waals surface area contributed by atoms with Gasteiger partial charge in [0.05, 0.1) is 19.2 Å². The third-order valence-corrected chi connectivity index (χ3v) is 5.16. The topological polar surface area (TPSA) is 42.4 Å². The number of carbonyl (C=O) groups excluding carboxylic acids is 1. The Kier molecular flexibility index (Phi) is 3.73. The fourth-order valence-electron chi connectivity index (χ4n) is 3.33. The highest BCUT2D eigenvalue weighted by Gasteiger charge is 2.31. The molecule has 1 saturated carbocycles. The highest BCUT2D eigenvalue weighted by atomic mass is 32.1. The number of hydrogen-bond acceptors (Lipinski definition) is 5. The molecule has 2 fully saturated rings. The number of fused-ring (bicyclic) bond motifs is 2. The molecular formula is C14H20N2O2S. The van der Waals surface area contributed by atoms with Crippen LogP contribution in [-0.4, -0.2) is 31.2 Å². The van der Waals surface area contributed by atoms with Crippen molar-refractivity contribution in [1.82, 2.24) is 4.98 Å². The molecule has 3 rings (SSSR count). The second-order valence-corrected chi connectivity index (χ2v) is 6.51. The summed E-state index contributed by atoms with van der Waals surface area (Å²) in [6.45, 7) is 2.28. The predicted molar refractivity (Wildman–Crippen MR) is 75.5 cm³/mol. The van der Waals surface area contributed by atoms with E-state index in [9.17, 15) is 4.79 Å². The minimum atomic E-state index is -0.215. The summed E-state index contributed by atoms with van der Waals surface area (Å²) in [5, 5.41) is 3.06. The highest BCUT2D eigenvalue weighted by Crippen LogP contribution is 2.37. The third kappa shape index (κ3) is 2.91. The number of hydrogen-bond donors (Lipinski definition) is 0. The molecule has 1 aliphatic heterocycles. The Balaban J connectivity index is 1.67. The van der Waals surface area contributed by atoms with Crippen LogP contribution in [0.15, 0.2) is 5.38 Å². The first-order chi connectivity index (χ1) is 9.24. The number of ether oxygens (including phenoxy) is 1. The van der Waals surface area contributed by atoms with Gasteiger partial charge in [-0.1, -0.05) is 6.42 Å². The molecule has 2 heterocycles. The summed E-state index contributed by atoms with van der Waals surface area (Å²) in [5.41, 5.74) is 0.836. The summed E-state index contributed by atoms with van der Waals surface area (Å²) in [5.74, 6) is 1.48. The van der Waals surface area contributed by atoms with Crippen LogP contribution in [0.4, 0.5) is 5.13 Å². The lowest BCUT2D eigenvalue weighted by atomic mass is 9.78. The van der Waals surface area contributed by atoms with Gasteiger partial charge in [-0.2, -0.15) is 0 Å². The van der Waals surface area contributed by atoms with Crippen molar-refractivity contribution in [3.05, 3.63) is 11.1 Å². The van der Waals surface area contributed by atoms with E-state index in [1.807, 2.05) is 5.38 Å². The molecule has 1 aliphatic carbocycles. The summed E-state index contributed by atoms with van der Waals surface area (Å²) >= 11 is 1.65. The lowest BCUT2D eigenvalue weighted by Crippen LogP contribution is -2.42. The molecule has 2 aliphatic rings. The van der Waals surface area contributed by atoms with Crippen molar-refractivity contribution in [3.63, 3.8) is 0 Å². The predicted octanol–water partition coefficient (Wildman–Crippen LogP) is 2.49. The summed E-state index contributed by atoms with van der Waals surface area (Å²) in [4.78, 5) is 18.3. The maximum atomic E-state index is 11.3. The quantitative estimate of drug-likeness (QED) is 0.798. The Labute approximate surface area is 117 Å². The van der Waals surface area contributed by atoms with E-state index in [4.69, 9.17) is 0 Å². The van der Waals surface area contributed by atoms with Gasteiger partial charge in [0.1, 0.15) is 0 Å². The van der Waals surface area contributed by atoms with Gasteiger partial charge in [0, 0.05) is 18.5 Å². The number of nitrogens with zero attached hydrogens (tertiary/aromatic N) is 2. The number of carbonyl (C=O) groups is 1. The smallest absolute Gasteiger partial charge is 0.311 e. The molecule has 0 spiro atoms. The van der Waals surface area contributed by atoms with Crippen molar-refractivity contribution in [2.45, 2.75) is 32.1 Å². The average Bonchev–Trinajstić information content (AvgIpc) is 2.86. The van der Waals surface area contributed by atoms with Gasteiger partial charge < -0.3 is 9.64 Å². The van der Waals surface area contributed by atoms with E-state index in [0.717, 1.165) is 35.8 Å². The molecule has 1 saturated heterocycles. The Hall–Kier alpha value is -1.10. The van der Waals surface area contributed by atoms with Gasteiger partial charge in [-0.05, 0) is 31.1 Å². The standard InChI is InChI=1S/C14H20N2O2S/c1-18-13(17)6-12-9-19-14(15-12)16-7-10-3-2-4-11(5-10)8-16/h9-11H,2-8H2,1H3. The van der Waals surface area contributed by atoms with Crippen molar-refractivity contribution in [3.8, 4) is 0 Å². The molecule has 1 aromatic rings. The minimum absolute atomic E-state index is 0.215. The van der Waals surface area contributed by atoms with Crippen molar-refractivity contribution in [1.29, 1.82) is 0 Å². The summed E-state index contributed by atoms with van der Waals surface area (Å²) < 4.78 is 4.68. The van der Waals surface area contributed by atoms with E-state index in [1.165, 1.54) is 32.8 Å². The molecule has 0 aromatic carbocycles. The van der Waals surface area contributed by atoms with Crippen molar-refractivity contribution in [2.24, 2.45) is 11.8 Å². The first kappa shape index (κ1) is 12.9. The fraction of sp³-hybridized carbons (Fsp3) is 0.714. The van der Waals surface area contributed by atoms with E-state index < -0.39 is 0 Å². The van der Waals surface area contributed by atoms with Crippen LogP contribution in [0.2, 0.25) is 0 Å². The highest BCUT2D eigenvalue weighted by molar-refractivity contribution is 7.13. The molecule has 2 unspecified atom stereocenters. The van der Waals surface area contributed by atoms with E-state index >= 15 is 0 Å². The Morgan fingerprint density at radius 2 is 2.21 bits per heavy atom. The van der Waals surface area contributed by atoms with Crippen molar-refractivity contribution < 1.29 is 9.53 Å². The van der Waals surface area contributed by atoms with E-state index in [-0.39, 0.29) is 12.4 Å². The summed E-state index contributed by atoms with van der Waals surface area (Å²) in [6.07, 6.45) is 5.82. The molecular weight excluding hydrogens is 260 g/mol. The van der Waals surface area contributed by atoms with Crippen LogP contribution >= 0.6 is 11.3 Å². The monoisotopic (exact) mass is 280 g/mol. The van der Waals surface area contributed by atoms with Crippen LogP contribution < -0.4 is 4.90 Å². The van der Waals surface area contributed by atoms with Crippen LogP contribution in [0, 0.1) is 11.8 Å². The maximum Gasteiger partial charge on any atom is 0.311 e. The van der Waals surface area contributed by atoms with E-state index in [0.29, 0.717) is 0 Å². The van der Waals surface area contributed by atoms with Gasteiger partial charge in [-0.25, -0.2) is 4.98 Å². The molecule has 2 atom stereocenters. The number of aromatic nitrogens is 1. The number of anilines is 1. The summed E-state index contributed by atoms with van der Waals surface area (Å²) in [6, 6.07) is 0. The molecule has 4 nitrogen and oxygen atoms in total. The van der Waals surface area contributed by atoms with E-state index in [1.54, 1.807) is 11.3 Å². The third-order valence-electron chi connectivity index (χ3n) is 4.21. The zero-order valence-corrected chi connectivity index (χ0v) is 12.1. The fourth-order valence-corrected chi connectivity index (χ4v) is 4.18. The van der Waals surface area contributed by atoms with Crippen LogP contribution in [-0.2, 0) is 16.0 Å². The number of piperidine rings is 1. The summed E-state index contributed by atoms with van der Waals surface area (Å²) in [7, 11) is 1.42. The van der Waals surface area contributed by atoms with Crippen LogP contribution in [0.25, 0.3) is 0 Å². The van der Waals surface area contributed by atoms with Crippen molar-refractivity contribution in [2.75, 3.05) is 25.1 Å². The first-order valence-electron chi connectivity index (χ1n) is 7.00. The lowest BCUT2D eigenvalue weighted by molar-refractivity contribution is -0.139. The zero-order chi connectivity index (χ0) is 13.2. The zero-order valence-electron chi connectivity index (χ0n) is 11.3. The average molecular weight is 280 g/mol. The first-order valence-corrected chi connectivity index (χ1v) is 7.88. The largest absolute Gasteiger partial charge is 0.469 e. The number of methoxy groups -OCH3 is 1. The molecule has 0 radical (unpaired) electrons. The van der Waals surface area contributed by atoms with Gasteiger partial charge in [0.25, 0.3) is 0 Å². The molecule has 0 N–H and O–H groups in total. The van der Waals surface area contributed by atoms with Crippen LogP contribution in [0.3, 0.4) is 0 Å². The van der Waals surface area contributed by atoms with Gasteiger partial charge in [0.15, 0.2) is 5.13 Å². The maximum absolute atomic E-state index is 11.3. The second kappa shape index (κ2) is 5.49. The Morgan fingerprint density at radius 1 is 1.47 bits per heavy atom. The minimum Gasteiger partial charge on any atom is -0.469 e. The van der Waals surface area contributed by atoms with Crippen molar-refractivity contribution >= 4 is 22.4 Å². The number of thiazole rings is 1. The van der Waals surface area contributed by atoms with Gasteiger partial charge in [-0.15, -0.1) is 11.3 Å². The van der Waals surface area contributed by atoms with Gasteiger partial charge >= 0.3 is 5.97 Å². The van der Waals surface area contributed by atoms with Crippen LogP contribution in [0.5, 0.6) is 0 Å². The lowest BCUT2D eigenvalue weighted by Gasteiger charge is -2.41. The molecule has 2 bridgehead atoms. The molecule has 104 valence electrons. The van der Waals surface area contributed by atoms with E-state index in [2.05, 4.69) is 14.6 Å². The Morgan fingerprint density at radius 3 is 2.89 bits per heavy atom. The van der Waals surface area contributed by atoms with Gasteiger partial charge in [0.2, 0.25) is 0 Å². The number of rotatable bonds is 3. The molecule has 0 amide bonds. The van der Waals surface area contributed by atoms with Gasteiger partial charge in [-0.3, -0.25) is 4.79 Å².